The molecule has 94 valence electrons. The largest absolute Gasteiger partial charge is 0.390 e. The quantitative estimate of drug-likeness (QED) is 0.383. The van der Waals surface area contributed by atoms with E-state index < -0.39 is 16.9 Å². The van der Waals surface area contributed by atoms with Gasteiger partial charge in [-0.2, -0.15) is 5.10 Å². The molecule has 0 saturated heterocycles. The van der Waals surface area contributed by atoms with Crippen LogP contribution in [0.1, 0.15) is 0 Å². The van der Waals surface area contributed by atoms with E-state index in [0.29, 0.717) is 0 Å². The van der Waals surface area contributed by atoms with Gasteiger partial charge < -0.3 is 16.2 Å². The molecule has 9 nitrogen and oxygen atoms in total. The lowest BCUT2D eigenvalue weighted by atomic mass is 10.3. The van der Waals surface area contributed by atoms with Crippen molar-refractivity contribution in [2.75, 3.05) is 13.1 Å². The van der Waals surface area contributed by atoms with E-state index in [1.54, 1.807) is 0 Å². The lowest BCUT2D eigenvalue weighted by Gasteiger charge is -2.10. The molecule has 0 aliphatic carbocycles. The Bertz CT molecular complexity index is 404. The standard InChI is InChI=1S/C8H13N5O4/c9-8(15)3-10-2-7(14)5-12-4-6(1-11-12)13(16)17/h1,4,7,10,14H,2-3,5H2,(H2,9,15). The van der Waals surface area contributed by atoms with Crippen LogP contribution in [0.25, 0.3) is 0 Å². The monoisotopic (exact) mass is 243 g/mol. The van der Waals surface area contributed by atoms with E-state index in [9.17, 15) is 20.0 Å². The fourth-order valence-corrected chi connectivity index (χ4v) is 1.19. The van der Waals surface area contributed by atoms with Gasteiger partial charge in [-0.3, -0.25) is 19.6 Å². The van der Waals surface area contributed by atoms with Crippen molar-refractivity contribution in [2.24, 2.45) is 5.73 Å². The van der Waals surface area contributed by atoms with Crippen LogP contribution in [-0.2, 0) is 11.3 Å². The summed E-state index contributed by atoms with van der Waals surface area (Å²) in [6, 6.07) is 0. The van der Waals surface area contributed by atoms with Gasteiger partial charge in [0, 0.05) is 6.54 Å². The predicted octanol–water partition coefficient (Wildman–Crippen LogP) is -1.77. The second kappa shape index (κ2) is 5.92. The number of aliphatic hydroxyl groups is 1. The number of nitrogens with one attached hydrogen (secondary N) is 1. The molecule has 1 aromatic rings. The number of hydrogen-bond donors (Lipinski definition) is 3. The SMILES string of the molecule is NC(=O)CNCC(O)Cn1cc([N+](=O)[O-])cn1. The molecule has 0 aromatic carbocycles. The van der Waals surface area contributed by atoms with Crippen molar-refractivity contribution < 1.29 is 14.8 Å². The summed E-state index contributed by atoms with van der Waals surface area (Å²) in [4.78, 5) is 20.2. The second-order valence-electron chi connectivity index (χ2n) is 3.43. The molecule has 0 radical (unpaired) electrons. The summed E-state index contributed by atoms with van der Waals surface area (Å²) < 4.78 is 1.26. The molecular weight excluding hydrogens is 230 g/mol. The minimum atomic E-state index is -0.811. The number of nitrogens with zero attached hydrogens (tertiary/aromatic N) is 3. The number of carbonyl (C=O) groups is 1. The van der Waals surface area contributed by atoms with Crippen LogP contribution in [0.5, 0.6) is 0 Å². The second-order valence-corrected chi connectivity index (χ2v) is 3.43. The first-order valence-corrected chi connectivity index (χ1v) is 4.83. The number of rotatable bonds is 7. The Balaban J connectivity index is 2.36. The van der Waals surface area contributed by atoms with Crippen molar-refractivity contribution >= 4 is 11.6 Å². The Hall–Kier alpha value is -2.00. The van der Waals surface area contributed by atoms with Gasteiger partial charge in [0.1, 0.15) is 12.4 Å². The van der Waals surface area contributed by atoms with E-state index in [4.69, 9.17) is 5.73 Å². The number of carbonyl (C=O) groups excluding carboxylic acids is 1. The van der Waals surface area contributed by atoms with Gasteiger partial charge in [0.05, 0.1) is 24.1 Å². The Labute approximate surface area is 96.4 Å². The van der Waals surface area contributed by atoms with Crippen molar-refractivity contribution in [3.63, 3.8) is 0 Å². The first kappa shape index (κ1) is 13.1. The third kappa shape index (κ3) is 4.57. The summed E-state index contributed by atoms with van der Waals surface area (Å²) in [6.07, 6.45) is 1.51. The lowest BCUT2D eigenvalue weighted by molar-refractivity contribution is -0.385. The van der Waals surface area contributed by atoms with Gasteiger partial charge in [0.25, 0.3) is 0 Å². The summed E-state index contributed by atoms with van der Waals surface area (Å²) in [7, 11) is 0. The van der Waals surface area contributed by atoms with Crippen LogP contribution in [0.15, 0.2) is 12.4 Å². The van der Waals surface area contributed by atoms with E-state index in [-0.39, 0.29) is 25.3 Å². The number of hydrogen-bond acceptors (Lipinski definition) is 6. The molecule has 1 unspecified atom stereocenters. The maximum atomic E-state index is 10.4. The first-order chi connectivity index (χ1) is 7.99. The third-order valence-electron chi connectivity index (χ3n) is 1.91. The normalized spacial score (nSPS) is 12.3. The molecule has 17 heavy (non-hydrogen) atoms. The summed E-state index contributed by atoms with van der Waals surface area (Å²) in [5, 5.41) is 26.2. The minimum absolute atomic E-state index is 0.0314. The van der Waals surface area contributed by atoms with E-state index >= 15 is 0 Å². The highest BCUT2D eigenvalue weighted by Crippen LogP contribution is 2.07. The molecule has 4 N–H and O–H groups in total. The van der Waals surface area contributed by atoms with Crippen LogP contribution in [0, 0.1) is 10.1 Å². The highest BCUT2D eigenvalue weighted by atomic mass is 16.6. The van der Waals surface area contributed by atoms with Gasteiger partial charge >= 0.3 is 5.69 Å². The third-order valence-corrected chi connectivity index (χ3v) is 1.91. The minimum Gasteiger partial charge on any atom is -0.390 e. The van der Waals surface area contributed by atoms with Crippen LogP contribution in [0.3, 0.4) is 0 Å². The molecule has 1 aromatic heterocycles. The number of amides is 1. The fourth-order valence-electron chi connectivity index (χ4n) is 1.19. The van der Waals surface area contributed by atoms with Crippen molar-refractivity contribution in [3.8, 4) is 0 Å². The average Bonchev–Trinajstić information content (AvgIpc) is 2.65. The highest BCUT2D eigenvalue weighted by Gasteiger charge is 2.11. The van der Waals surface area contributed by atoms with Gasteiger partial charge in [0.15, 0.2) is 0 Å². The van der Waals surface area contributed by atoms with Gasteiger partial charge in [-0.1, -0.05) is 0 Å². The van der Waals surface area contributed by atoms with E-state index in [0.717, 1.165) is 6.20 Å². The topological polar surface area (TPSA) is 136 Å². The molecule has 0 spiro atoms. The van der Waals surface area contributed by atoms with E-state index in [2.05, 4.69) is 10.4 Å². The fraction of sp³-hybridized carbons (Fsp3) is 0.500. The zero-order valence-electron chi connectivity index (χ0n) is 8.94. The number of aliphatic hydroxyl groups excluding tert-OH is 1. The molecule has 1 atom stereocenters. The molecule has 1 heterocycles. The molecule has 0 fully saturated rings. The van der Waals surface area contributed by atoms with Crippen LogP contribution in [0.2, 0.25) is 0 Å². The average molecular weight is 243 g/mol. The maximum absolute atomic E-state index is 10.4. The van der Waals surface area contributed by atoms with Gasteiger partial charge in [-0.15, -0.1) is 0 Å². The molecule has 0 aliphatic rings. The molecular formula is C8H13N5O4. The molecule has 0 saturated carbocycles. The number of primary amides is 1. The number of nitro groups is 1. The summed E-state index contributed by atoms with van der Waals surface area (Å²) in [6.45, 7) is 0.215. The zero-order valence-corrected chi connectivity index (χ0v) is 8.94. The Kier molecular flexibility index (Phi) is 4.55. The van der Waals surface area contributed by atoms with Crippen LogP contribution < -0.4 is 11.1 Å². The van der Waals surface area contributed by atoms with E-state index in [1.165, 1.54) is 10.9 Å². The van der Waals surface area contributed by atoms with Gasteiger partial charge in [0.2, 0.25) is 5.91 Å². The number of nitrogens with two attached hydrogens (primary N) is 1. The van der Waals surface area contributed by atoms with Crippen molar-refractivity contribution in [2.45, 2.75) is 12.6 Å². The molecule has 0 bridgehead atoms. The molecule has 0 aliphatic heterocycles. The maximum Gasteiger partial charge on any atom is 0.306 e. The van der Waals surface area contributed by atoms with Crippen LogP contribution in [0.4, 0.5) is 5.69 Å². The molecule has 1 rings (SSSR count). The zero-order chi connectivity index (χ0) is 12.8. The Morgan fingerprint density at radius 1 is 1.76 bits per heavy atom. The van der Waals surface area contributed by atoms with Crippen molar-refractivity contribution in [1.82, 2.24) is 15.1 Å². The van der Waals surface area contributed by atoms with Crippen molar-refractivity contribution in [3.05, 3.63) is 22.5 Å². The highest BCUT2D eigenvalue weighted by molar-refractivity contribution is 5.75. The molecule has 9 heteroatoms. The smallest absolute Gasteiger partial charge is 0.306 e. The van der Waals surface area contributed by atoms with Crippen molar-refractivity contribution in [1.29, 1.82) is 0 Å². The van der Waals surface area contributed by atoms with Gasteiger partial charge in [-0.25, -0.2) is 0 Å². The van der Waals surface area contributed by atoms with Gasteiger partial charge in [-0.05, 0) is 0 Å². The Morgan fingerprint density at radius 2 is 2.47 bits per heavy atom. The predicted molar refractivity (Wildman–Crippen MR) is 57.0 cm³/mol. The lowest BCUT2D eigenvalue weighted by Crippen LogP contribution is -2.35. The van der Waals surface area contributed by atoms with Crippen LogP contribution in [-0.4, -0.2) is 44.9 Å². The Morgan fingerprint density at radius 3 is 3.00 bits per heavy atom. The summed E-state index contributed by atoms with van der Waals surface area (Å²) in [5.74, 6) is -0.521. The van der Waals surface area contributed by atoms with E-state index in [1.807, 2.05) is 0 Å². The number of aromatic nitrogens is 2. The van der Waals surface area contributed by atoms with Crippen LogP contribution >= 0.6 is 0 Å². The summed E-state index contributed by atoms with van der Waals surface area (Å²) >= 11 is 0. The molecule has 1 amide bonds. The first-order valence-electron chi connectivity index (χ1n) is 4.83. The summed E-state index contributed by atoms with van der Waals surface area (Å²) in [5.41, 5.74) is 4.76.